The van der Waals surface area contributed by atoms with E-state index in [0.29, 0.717) is 18.5 Å². The van der Waals surface area contributed by atoms with Crippen LogP contribution in [-0.4, -0.2) is 58.9 Å². The fourth-order valence-electron chi connectivity index (χ4n) is 3.74. The molecule has 28 heavy (non-hydrogen) atoms. The number of rotatable bonds is 5. The number of fused-ring (bicyclic) bond motifs is 1. The number of nitrogens with one attached hydrogen (secondary N) is 1. The minimum atomic E-state index is -0.862. The molecule has 146 valence electrons. The predicted octanol–water partition coefficient (Wildman–Crippen LogP) is 0.895. The molecule has 0 saturated carbocycles. The number of nitrogens with zero attached hydrogens (tertiary/aromatic N) is 1. The van der Waals surface area contributed by atoms with E-state index in [4.69, 9.17) is 9.15 Å². The molecule has 2 fully saturated rings. The Hall–Kier alpha value is -3.13. The van der Waals surface area contributed by atoms with E-state index in [-0.39, 0.29) is 36.6 Å². The number of hydrogen-bond donors (Lipinski definition) is 2. The highest BCUT2D eigenvalue weighted by molar-refractivity contribution is 5.99. The molecule has 2 unspecified atom stereocenters. The van der Waals surface area contributed by atoms with E-state index in [9.17, 15) is 19.5 Å². The van der Waals surface area contributed by atoms with Gasteiger partial charge in [-0.25, -0.2) is 0 Å². The van der Waals surface area contributed by atoms with Gasteiger partial charge in [-0.15, -0.1) is 0 Å². The molecule has 8 heteroatoms. The van der Waals surface area contributed by atoms with E-state index in [1.54, 1.807) is 12.1 Å². The van der Waals surface area contributed by atoms with Gasteiger partial charge in [0.05, 0.1) is 17.9 Å². The first-order valence-corrected chi connectivity index (χ1v) is 9.08. The van der Waals surface area contributed by atoms with Crippen LogP contribution < -0.4 is 5.32 Å². The van der Waals surface area contributed by atoms with Gasteiger partial charge in [-0.1, -0.05) is 12.1 Å². The van der Waals surface area contributed by atoms with E-state index >= 15 is 0 Å². The Morgan fingerprint density at radius 1 is 1.25 bits per heavy atom. The van der Waals surface area contributed by atoms with Crippen LogP contribution in [0, 0.1) is 0 Å². The van der Waals surface area contributed by atoms with Crippen LogP contribution in [0.5, 0.6) is 5.75 Å². The monoisotopic (exact) mass is 384 g/mol. The molecule has 8 nitrogen and oxygen atoms in total. The van der Waals surface area contributed by atoms with Crippen molar-refractivity contribution < 1.29 is 28.6 Å². The number of benzene rings is 1. The highest BCUT2D eigenvalue weighted by atomic mass is 16.5. The Morgan fingerprint density at radius 2 is 2.04 bits per heavy atom. The zero-order valence-corrected chi connectivity index (χ0v) is 15.0. The van der Waals surface area contributed by atoms with Crippen molar-refractivity contribution in [3.8, 4) is 5.75 Å². The Kier molecular flexibility index (Phi) is 4.87. The van der Waals surface area contributed by atoms with Gasteiger partial charge in [0.2, 0.25) is 5.91 Å². The second-order valence-electron chi connectivity index (χ2n) is 6.99. The van der Waals surface area contributed by atoms with Gasteiger partial charge < -0.3 is 24.5 Å². The largest absolute Gasteiger partial charge is 0.508 e. The van der Waals surface area contributed by atoms with E-state index in [1.165, 1.54) is 35.6 Å². The summed E-state index contributed by atoms with van der Waals surface area (Å²) in [6.45, 7) is 0.427. The summed E-state index contributed by atoms with van der Waals surface area (Å²) < 4.78 is 10.4. The van der Waals surface area contributed by atoms with Gasteiger partial charge >= 0.3 is 0 Å². The summed E-state index contributed by atoms with van der Waals surface area (Å²) in [4.78, 5) is 39.4. The third kappa shape index (κ3) is 3.50. The maximum atomic E-state index is 13.2. The number of carbonyl (C=O) groups excluding carboxylic acids is 3. The number of phenols is 1. The third-order valence-corrected chi connectivity index (χ3v) is 5.16. The molecule has 2 aliphatic heterocycles. The van der Waals surface area contributed by atoms with Crippen LogP contribution in [0.1, 0.15) is 22.3 Å². The summed E-state index contributed by atoms with van der Waals surface area (Å²) in [7, 11) is 0. The lowest BCUT2D eigenvalue weighted by Gasteiger charge is -2.27. The number of carbonyl (C=O) groups is 3. The highest BCUT2D eigenvalue weighted by Gasteiger charge is 2.48. The van der Waals surface area contributed by atoms with Gasteiger partial charge in [0, 0.05) is 13.0 Å². The molecule has 2 aromatic rings. The number of ketones is 1. The SMILES string of the molecule is O=C(N[C@@H](Cc1ccc(O)cc1)C(=O)N1CCC2OCC(=O)C21)c1ccoc1. The molecular weight excluding hydrogens is 364 g/mol. The van der Waals surface area contributed by atoms with Crippen molar-refractivity contribution >= 4 is 17.6 Å². The Labute approximate surface area is 161 Å². The standard InChI is InChI=1S/C20H20N2O6/c23-14-3-1-12(2-4-14)9-15(21-19(25)13-6-8-27-10-13)20(26)22-7-5-17-18(22)16(24)11-28-17/h1-4,6,8,10,15,17-18,23H,5,7,9,11H2,(H,21,25)/t15-,17?,18?/m0/s1. The minimum Gasteiger partial charge on any atom is -0.508 e. The molecule has 2 saturated heterocycles. The van der Waals surface area contributed by atoms with Crippen molar-refractivity contribution in [3.05, 3.63) is 54.0 Å². The number of amides is 2. The molecular formula is C20H20N2O6. The van der Waals surface area contributed by atoms with Gasteiger partial charge in [-0.05, 0) is 30.2 Å². The second-order valence-corrected chi connectivity index (χ2v) is 6.99. The molecule has 0 bridgehead atoms. The second kappa shape index (κ2) is 7.47. The van der Waals surface area contributed by atoms with Gasteiger partial charge in [0.15, 0.2) is 5.78 Å². The van der Waals surface area contributed by atoms with Crippen molar-refractivity contribution in [2.45, 2.75) is 31.0 Å². The fourth-order valence-corrected chi connectivity index (χ4v) is 3.74. The Balaban J connectivity index is 1.56. The van der Waals surface area contributed by atoms with E-state index in [0.717, 1.165) is 5.56 Å². The van der Waals surface area contributed by atoms with E-state index in [1.807, 2.05) is 0 Å². The van der Waals surface area contributed by atoms with Gasteiger partial charge in [-0.3, -0.25) is 14.4 Å². The minimum absolute atomic E-state index is 0.0170. The third-order valence-electron chi connectivity index (χ3n) is 5.16. The maximum absolute atomic E-state index is 13.2. The zero-order valence-electron chi connectivity index (χ0n) is 15.0. The van der Waals surface area contributed by atoms with Crippen molar-refractivity contribution in [3.63, 3.8) is 0 Å². The first kappa shape index (κ1) is 18.2. The summed E-state index contributed by atoms with van der Waals surface area (Å²) in [6, 6.07) is 6.49. The molecule has 3 atom stereocenters. The van der Waals surface area contributed by atoms with Crippen LogP contribution >= 0.6 is 0 Å². The van der Waals surface area contributed by atoms with E-state index < -0.39 is 18.0 Å². The smallest absolute Gasteiger partial charge is 0.255 e. The zero-order chi connectivity index (χ0) is 19.7. The average molecular weight is 384 g/mol. The summed E-state index contributed by atoms with van der Waals surface area (Å²) in [5.41, 5.74) is 1.08. The van der Waals surface area contributed by atoms with Crippen molar-refractivity contribution in [1.82, 2.24) is 10.2 Å². The van der Waals surface area contributed by atoms with Crippen LogP contribution in [0.3, 0.4) is 0 Å². The topological polar surface area (TPSA) is 109 Å². The van der Waals surface area contributed by atoms with Crippen LogP contribution in [0.2, 0.25) is 0 Å². The van der Waals surface area contributed by atoms with Gasteiger partial charge in [-0.2, -0.15) is 0 Å². The Morgan fingerprint density at radius 3 is 2.75 bits per heavy atom. The summed E-state index contributed by atoms with van der Waals surface area (Å²) in [6.07, 6.45) is 3.24. The fraction of sp³-hybridized carbons (Fsp3) is 0.350. The van der Waals surface area contributed by atoms with Crippen molar-refractivity contribution in [2.75, 3.05) is 13.2 Å². The molecule has 2 amide bonds. The number of likely N-dealkylation sites (tertiary alicyclic amines) is 1. The molecule has 3 heterocycles. The lowest BCUT2D eigenvalue weighted by atomic mass is 10.0. The highest BCUT2D eigenvalue weighted by Crippen LogP contribution is 2.28. The van der Waals surface area contributed by atoms with Crippen LogP contribution in [-0.2, 0) is 20.7 Å². The quantitative estimate of drug-likeness (QED) is 0.793. The molecule has 0 spiro atoms. The molecule has 0 radical (unpaired) electrons. The lowest BCUT2D eigenvalue weighted by Crippen LogP contribution is -2.53. The maximum Gasteiger partial charge on any atom is 0.255 e. The number of furan rings is 1. The van der Waals surface area contributed by atoms with Crippen LogP contribution in [0.25, 0.3) is 0 Å². The molecule has 1 aromatic heterocycles. The first-order chi connectivity index (χ1) is 13.5. The number of phenolic OH excluding ortho intramolecular Hbond substituents is 1. The van der Waals surface area contributed by atoms with Crippen molar-refractivity contribution in [1.29, 1.82) is 0 Å². The predicted molar refractivity (Wildman–Crippen MR) is 96.6 cm³/mol. The van der Waals surface area contributed by atoms with E-state index in [2.05, 4.69) is 5.32 Å². The normalized spacial score (nSPS) is 22.1. The Bertz CT molecular complexity index is 877. The first-order valence-electron chi connectivity index (χ1n) is 9.08. The number of Topliss-reactive ketones (excluding diaryl/α,β-unsaturated/α-hetero) is 1. The summed E-state index contributed by atoms with van der Waals surface area (Å²) >= 11 is 0. The lowest BCUT2D eigenvalue weighted by molar-refractivity contribution is -0.138. The summed E-state index contributed by atoms with van der Waals surface area (Å²) in [5, 5.41) is 12.2. The van der Waals surface area contributed by atoms with Gasteiger partial charge in [0.25, 0.3) is 5.91 Å². The number of aromatic hydroxyl groups is 1. The summed E-state index contributed by atoms with van der Waals surface area (Å²) in [5.74, 6) is -0.752. The number of ether oxygens (including phenoxy) is 1. The average Bonchev–Trinajstić information content (AvgIpc) is 3.42. The molecule has 2 aliphatic rings. The molecule has 0 aliphatic carbocycles. The van der Waals surface area contributed by atoms with Crippen LogP contribution in [0.4, 0.5) is 0 Å². The molecule has 1 aromatic carbocycles. The molecule has 4 rings (SSSR count). The van der Waals surface area contributed by atoms with Gasteiger partial charge in [0.1, 0.15) is 30.7 Å². The number of hydrogen-bond acceptors (Lipinski definition) is 6. The molecule has 2 N–H and O–H groups in total. The van der Waals surface area contributed by atoms with Crippen LogP contribution in [0.15, 0.2) is 47.3 Å². The van der Waals surface area contributed by atoms with Crippen molar-refractivity contribution in [2.24, 2.45) is 0 Å².